The Bertz CT molecular complexity index is 1190. The first-order valence-electron chi connectivity index (χ1n) is 9.30. The van der Waals surface area contributed by atoms with Gasteiger partial charge in [-0.2, -0.15) is 0 Å². The fourth-order valence-electron chi connectivity index (χ4n) is 3.00. The van der Waals surface area contributed by atoms with Gasteiger partial charge in [-0.1, -0.05) is 95.3 Å². The minimum Gasteiger partial charge on any atom is -0.360 e. The van der Waals surface area contributed by atoms with Gasteiger partial charge in [-0.25, -0.2) is 4.98 Å². The number of carbonyl (C=O) groups is 1. The van der Waals surface area contributed by atoms with E-state index in [0.29, 0.717) is 32.6 Å². The minimum absolute atomic E-state index is 0.308. The van der Waals surface area contributed by atoms with Crippen molar-refractivity contribution in [1.29, 1.82) is 0 Å². The van der Waals surface area contributed by atoms with Gasteiger partial charge in [0.15, 0.2) is 4.34 Å². The van der Waals surface area contributed by atoms with Crippen LogP contribution in [0.25, 0.3) is 22.5 Å². The molecule has 1 amide bonds. The number of nitrogens with zero attached hydrogens (tertiary/aromatic N) is 2. The third kappa shape index (κ3) is 4.14. The molecule has 30 heavy (non-hydrogen) atoms. The summed E-state index contributed by atoms with van der Waals surface area (Å²) in [4.78, 5) is 18.0. The molecule has 0 bridgehead atoms. The van der Waals surface area contributed by atoms with E-state index in [1.807, 2.05) is 48.5 Å². The summed E-state index contributed by atoms with van der Waals surface area (Å²) in [5.74, 6) is 1.02. The van der Waals surface area contributed by atoms with Crippen LogP contribution in [0.15, 0.2) is 63.5 Å². The van der Waals surface area contributed by atoms with E-state index in [-0.39, 0.29) is 5.91 Å². The summed E-state index contributed by atoms with van der Waals surface area (Å²) in [6.07, 6.45) is 0. The molecule has 0 saturated heterocycles. The number of hydrogen-bond acceptors (Lipinski definition) is 6. The third-order valence-electron chi connectivity index (χ3n) is 4.37. The third-order valence-corrected chi connectivity index (χ3v) is 6.69. The topological polar surface area (TPSA) is 68.0 Å². The summed E-state index contributed by atoms with van der Waals surface area (Å²) < 4.78 is 6.24. The molecule has 4 aromatic rings. The number of hydrogen-bond donors (Lipinski definition) is 1. The molecule has 0 unspecified atom stereocenters. The van der Waals surface area contributed by atoms with Crippen molar-refractivity contribution in [3.63, 3.8) is 0 Å². The Morgan fingerprint density at radius 2 is 1.87 bits per heavy atom. The number of rotatable bonds is 6. The predicted octanol–water partition coefficient (Wildman–Crippen LogP) is 6.79. The number of carbonyl (C=O) groups excluding carboxylic acids is 1. The zero-order valence-electron chi connectivity index (χ0n) is 16.3. The lowest BCUT2D eigenvalue weighted by Crippen LogP contribution is -2.13. The number of benzene rings is 2. The van der Waals surface area contributed by atoms with Gasteiger partial charge in [-0.05, 0) is 18.7 Å². The van der Waals surface area contributed by atoms with Crippen molar-refractivity contribution < 1.29 is 9.32 Å². The monoisotopic (exact) mass is 455 g/mol. The lowest BCUT2D eigenvalue weighted by Gasteiger charge is -2.07. The molecule has 0 spiro atoms. The SMILES string of the molecule is CCSc1nc(-c2ccccc2)c(NC(=O)c2c(-c3ccccc3Cl)noc2C)s1. The minimum atomic E-state index is -0.308. The normalized spacial score (nSPS) is 10.9. The number of aromatic nitrogens is 2. The van der Waals surface area contributed by atoms with Gasteiger partial charge < -0.3 is 9.84 Å². The van der Waals surface area contributed by atoms with Crippen molar-refractivity contribution in [3.05, 3.63) is 70.9 Å². The maximum absolute atomic E-state index is 13.3. The zero-order chi connectivity index (χ0) is 21.1. The molecule has 0 aliphatic heterocycles. The van der Waals surface area contributed by atoms with Gasteiger partial charge >= 0.3 is 0 Å². The van der Waals surface area contributed by atoms with Crippen LogP contribution in [-0.4, -0.2) is 21.8 Å². The molecule has 0 atom stereocenters. The molecule has 2 aromatic carbocycles. The molecule has 152 valence electrons. The van der Waals surface area contributed by atoms with Gasteiger partial charge in [0, 0.05) is 11.1 Å². The number of halogens is 1. The molecular weight excluding hydrogens is 438 g/mol. The van der Waals surface area contributed by atoms with Gasteiger partial charge in [-0.15, -0.1) is 0 Å². The van der Waals surface area contributed by atoms with E-state index in [4.69, 9.17) is 21.1 Å². The Labute approximate surface area is 187 Å². The van der Waals surface area contributed by atoms with Crippen LogP contribution in [-0.2, 0) is 0 Å². The Kier molecular flexibility index (Phi) is 6.22. The molecule has 1 N–H and O–H groups in total. The van der Waals surface area contributed by atoms with Crippen LogP contribution >= 0.6 is 34.7 Å². The smallest absolute Gasteiger partial charge is 0.262 e. The second-order valence-electron chi connectivity index (χ2n) is 6.35. The average molecular weight is 456 g/mol. The van der Waals surface area contributed by atoms with Gasteiger partial charge in [0.05, 0.1) is 5.02 Å². The van der Waals surface area contributed by atoms with Gasteiger partial charge in [0.1, 0.15) is 27.7 Å². The van der Waals surface area contributed by atoms with E-state index < -0.39 is 0 Å². The van der Waals surface area contributed by atoms with E-state index in [9.17, 15) is 4.79 Å². The molecule has 0 aliphatic rings. The van der Waals surface area contributed by atoms with Crippen LogP contribution in [0, 0.1) is 6.92 Å². The standard InChI is InChI=1S/C22H18ClN3O2S2/c1-3-29-22-24-18(14-9-5-4-6-10-14)21(30-22)25-20(27)17-13(2)28-26-19(17)15-11-7-8-12-16(15)23/h4-12H,3H2,1-2H3,(H,25,27). The molecule has 0 aliphatic carbocycles. The lowest BCUT2D eigenvalue weighted by molar-refractivity contribution is 0.102. The summed E-state index contributed by atoms with van der Waals surface area (Å²) in [6.45, 7) is 3.79. The Morgan fingerprint density at radius 3 is 2.60 bits per heavy atom. The molecule has 0 fully saturated rings. The quantitative estimate of drug-likeness (QED) is 0.324. The van der Waals surface area contributed by atoms with E-state index in [1.165, 1.54) is 11.3 Å². The number of nitrogens with one attached hydrogen (secondary N) is 1. The Balaban J connectivity index is 1.72. The first-order valence-corrected chi connectivity index (χ1v) is 11.5. The molecule has 0 radical (unpaired) electrons. The molecule has 0 saturated carbocycles. The molecule has 8 heteroatoms. The van der Waals surface area contributed by atoms with Gasteiger partial charge in [0.2, 0.25) is 0 Å². The highest BCUT2D eigenvalue weighted by Gasteiger charge is 2.25. The maximum Gasteiger partial charge on any atom is 0.262 e. The van der Waals surface area contributed by atoms with Crippen LogP contribution < -0.4 is 5.32 Å². The number of thioether (sulfide) groups is 1. The summed E-state index contributed by atoms with van der Waals surface area (Å²) in [5.41, 5.74) is 3.12. The van der Waals surface area contributed by atoms with Gasteiger partial charge in [0.25, 0.3) is 5.91 Å². The van der Waals surface area contributed by atoms with Crippen LogP contribution in [0.1, 0.15) is 23.0 Å². The molecular formula is C22H18ClN3O2S2. The predicted molar refractivity (Wildman–Crippen MR) is 124 cm³/mol. The second-order valence-corrected chi connectivity index (χ2v) is 9.27. The fraction of sp³-hybridized carbons (Fsp3) is 0.136. The van der Waals surface area contributed by atoms with E-state index in [2.05, 4.69) is 17.4 Å². The van der Waals surface area contributed by atoms with Crippen molar-refractivity contribution >= 4 is 45.6 Å². The molecule has 2 aromatic heterocycles. The van der Waals surface area contributed by atoms with Crippen LogP contribution in [0.4, 0.5) is 5.00 Å². The van der Waals surface area contributed by atoms with Crippen molar-refractivity contribution in [2.45, 2.75) is 18.2 Å². The van der Waals surface area contributed by atoms with E-state index in [0.717, 1.165) is 21.3 Å². The van der Waals surface area contributed by atoms with Gasteiger partial charge in [-0.3, -0.25) is 4.79 Å². The largest absolute Gasteiger partial charge is 0.360 e. The van der Waals surface area contributed by atoms with Crippen LogP contribution in [0.3, 0.4) is 0 Å². The number of thiazole rings is 1. The number of amides is 1. The fourth-order valence-corrected chi connectivity index (χ4v) is 5.19. The molecule has 5 nitrogen and oxygen atoms in total. The summed E-state index contributed by atoms with van der Waals surface area (Å²) in [5, 5.41) is 8.30. The zero-order valence-corrected chi connectivity index (χ0v) is 18.7. The number of aryl methyl sites for hydroxylation is 1. The lowest BCUT2D eigenvalue weighted by atomic mass is 10.1. The first-order chi connectivity index (χ1) is 14.6. The summed E-state index contributed by atoms with van der Waals surface area (Å²) in [6, 6.07) is 17.1. The highest BCUT2D eigenvalue weighted by atomic mass is 35.5. The van der Waals surface area contributed by atoms with E-state index >= 15 is 0 Å². The highest BCUT2D eigenvalue weighted by Crippen LogP contribution is 2.38. The van der Waals surface area contributed by atoms with Crippen molar-refractivity contribution in [3.8, 4) is 22.5 Å². The highest BCUT2D eigenvalue weighted by molar-refractivity contribution is 8.01. The first kappa shape index (κ1) is 20.7. The average Bonchev–Trinajstić information content (AvgIpc) is 3.32. The van der Waals surface area contributed by atoms with Crippen molar-refractivity contribution in [2.75, 3.05) is 11.1 Å². The Morgan fingerprint density at radius 1 is 1.13 bits per heavy atom. The molecule has 2 heterocycles. The van der Waals surface area contributed by atoms with Crippen molar-refractivity contribution in [1.82, 2.24) is 10.1 Å². The molecule has 4 rings (SSSR count). The Hall–Kier alpha value is -2.61. The van der Waals surface area contributed by atoms with E-state index in [1.54, 1.807) is 24.8 Å². The maximum atomic E-state index is 13.3. The summed E-state index contributed by atoms with van der Waals surface area (Å²) >= 11 is 9.42. The van der Waals surface area contributed by atoms with Crippen LogP contribution in [0.5, 0.6) is 0 Å². The van der Waals surface area contributed by atoms with Crippen molar-refractivity contribution in [2.24, 2.45) is 0 Å². The summed E-state index contributed by atoms with van der Waals surface area (Å²) in [7, 11) is 0. The number of anilines is 1. The van der Waals surface area contributed by atoms with Crippen LogP contribution in [0.2, 0.25) is 5.02 Å². The second kappa shape index (κ2) is 9.04.